The summed E-state index contributed by atoms with van der Waals surface area (Å²) in [5.74, 6) is -0.716. The van der Waals surface area contributed by atoms with Gasteiger partial charge in [-0.25, -0.2) is 8.42 Å². The zero-order chi connectivity index (χ0) is 20.5. The van der Waals surface area contributed by atoms with Crippen LogP contribution in [0.3, 0.4) is 0 Å². The molecular formula is C18H17N3O5S2. The van der Waals surface area contributed by atoms with Crippen LogP contribution >= 0.6 is 11.3 Å². The zero-order valence-corrected chi connectivity index (χ0v) is 16.8. The van der Waals surface area contributed by atoms with Gasteiger partial charge in [0, 0.05) is 18.9 Å². The van der Waals surface area contributed by atoms with Gasteiger partial charge in [0.15, 0.2) is 14.6 Å². The number of aryl methyl sites for hydroxylation is 1. The number of hydrogen-bond acceptors (Lipinski definition) is 6. The van der Waals surface area contributed by atoms with E-state index in [0.29, 0.717) is 16.0 Å². The van der Waals surface area contributed by atoms with E-state index in [1.54, 1.807) is 18.2 Å². The van der Waals surface area contributed by atoms with Gasteiger partial charge in [-0.2, -0.15) is 4.99 Å². The molecule has 3 rings (SSSR count). The predicted octanol–water partition coefficient (Wildman–Crippen LogP) is 3.17. The largest absolute Gasteiger partial charge is 0.316 e. The second-order valence-electron chi connectivity index (χ2n) is 6.13. The zero-order valence-electron chi connectivity index (χ0n) is 15.2. The second-order valence-corrected chi connectivity index (χ2v) is 9.15. The standard InChI is InChI=1S/C18H17N3O5S2/c1-3-10-20-15-9-8-12(28(2,25)26)11-16(15)27-18(20)19-17(22)13-6-4-5-7-14(13)21(23)24/h4-9,11H,3,10H2,1-2H3. The van der Waals surface area contributed by atoms with E-state index in [9.17, 15) is 23.3 Å². The van der Waals surface area contributed by atoms with E-state index in [4.69, 9.17) is 0 Å². The molecule has 0 aliphatic heterocycles. The van der Waals surface area contributed by atoms with E-state index in [1.165, 1.54) is 35.6 Å². The molecule has 8 nitrogen and oxygen atoms in total. The molecule has 10 heteroatoms. The Balaban J connectivity index is 2.20. The van der Waals surface area contributed by atoms with Crippen LogP contribution < -0.4 is 4.80 Å². The van der Waals surface area contributed by atoms with Crippen molar-refractivity contribution < 1.29 is 18.1 Å². The van der Waals surface area contributed by atoms with Gasteiger partial charge in [-0.3, -0.25) is 14.9 Å². The van der Waals surface area contributed by atoms with Crippen molar-refractivity contribution in [2.75, 3.05) is 6.26 Å². The number of benzene rings is 2. The Morgan fingerprint density at radius 2 is 1.96 bits per heavy atom. The monoisotopic (exact) mass is 419 g/mol. The van der Waals surface area contributed by atoms with Crippen molar-refractivity contribution >= 4 is 43.0 Å². The lowest BCUT2D eigenvalue weighted by Gasteiger charge is -2.03. The number of hydrogen-bond donors (Lipinski definition) is 0. The SMILES string of the molecule is CCCn1c(=NC(=O)c2ccccc2[N+](=O)[O-])sc2cc(S(C)(=O)=O)ccc21. The third kappa shape index (κ3) is 3.87. The van der Waals surface area contributed by atoms with E-state index in [-0.39, 0.29) is 16.1 Å². The number of thiazole rings is 1. The van der Waals surface area contributed by atoms with Crippen molar-refractivity contribution in [1.82, 2.24) is 4.57 Å². The number of sulfone groups is 1. The topological polar surface area (TPSA) is 112 Å². The lowest BCUT2D eigenvalue weighted by Crippen LogP contribution is -2.17. The maximum atomic E-state index is 12.6. The fraction of sp³-hybridized carbons (Fsp3) is 0.222. The quantitative estimate of drug-likeness (QED) is 0.466. The maximum absolute atomic E-state index is 12.6. The number of carbonyl (C=O) groups is 1. The summed E-state index contributed by atoms with van der Waals surface area (Å²) in [5, 5.41) is 11.2. The lowest BCUT2D eigenvalue weighted by molar-refractivity contribution is -0.385. The number of carbonyl (C=O) groups excluding carboxylic acids is 1. The summed E-state index contributed by atoms with van der Waals surface area (Å²) >= 11 is 1.17. The van der Waals surface area contributed by atoms with Gasteiger partial charge in [-0.15, -0.1) is 0 Å². The first-order valence-electron chi connectivity index (χ1n) is 8.38. The number of nitro benzene ring substituents is 1. The van der Waals surface area contributed by atoms with Crippen molar-refractivity contribution in [2.24, 2.45) is 4.99 Å². The molecule has 1 aromatic heterocycles. The van der Waals surface area contributed by atoms with E-state index >= 15 is 0 Å². The number of aromatic nitrogens is 1. The van der Waals surface area contributed by atoms with Crippen LogP contribution in [0.5, 0.6) is 0 Å². The molecular weight excluding hydrogens is 402 g/mol. The average molecular weight is 419 g/mol. The van der Waals surface area contributed by atoms with Crippen LogP contribution in [-0.2, 0) is 16.4 Å². The Morgan fingerprint density at radius 3 is 2.61 bits per heavy atom. The molecule has 146 valence electrons. The van der Waals surface area contributed by atoms with Crippen LogP contribution in [0.25, 0.3) is 10.2 Å². The smallest absolute Gasteiger partial charge is 0.286 e. The Kier molecular flexibility index (Phi) is 5.43. The summed E-state index contributed by atoms with van der Waals surface area (Å²) in [6.45, 7) is 2.54. The van der Waals surface area contributed by atoms with Gasteiger partial charge in [0.1, 0.15) is 5.56 Å². The predicted molar refractivity (Wildman–Crippen MR) is 106 cm³/mol. The molecule has 1 heterocycles. The molecule has 0 N–H and O–H groups in total. The Bertz CT molecular complexity index is 1260. The molecule has 0 aliphatic rings. The first-order valence-corrected chi connectivity index (χ1v) is 11.1. The van der Waals surface area contributed by atoms with Gasteiger partial charge < -0.3 is 4.57 Å². The second kappa shape index (κ2) is 7.64. The molecule has 0 radical (unpaired) electrons. The van der Waals surface area contributed by atoms with E-state index in [2.05, 4.69) is 4.99 Å². The normalized spacial score (nSPS) is 12.4. The molecule has 0 saturated heterocycles. The molecule has 1 amide bonds. The van der Waals surface area contributed by atoms with Crippen LogP contribution in [0.15, 0.2) is 52.4 Å². The minimum absolute atomic E-state index is 0.0928. The number of para-hydroxylation sites is 1. The number of amides is 1. The first-order chi connectivity index (χ1) is 13.2. The van der Waals surface area contributed by atoms with Crippen LogP contribution in [0, 0.1) is 10.1 Å². The highest BCUT2D eigenvalue weighted by Crippen LogP contribution is 2.23. The summed E-state index contributed by atoms with van der Waals surface area (Å²) in [7, 11) is -3.37. The van der Waals surface area contributed by atoms with Crippen LogP contribution in [0.4, 0.5) is 5.69 Å². The summed E-state index contributed by atoms with van der Waals surface area (Å²) in [4.78, 5) is 27.8. The lowest BCUT2D eigenvalue weighted by atomic mass is 10.2. The molecule has 0 fully saturated rings. The van der Waals surface area contributed by atoms with Gasteiger partial charge in [0.25, 0.3) is 11.6 Å². The van der Waals surface area contributed by atoms with Crippen LogP contribution in [0.1, 0.15) is 23.7 Å². The van der Waals surface area contributed by atoms with Gasteiger partial charge in [0.2, 0.25) is 0 Å². The number of fused-ring (bicyclic) bond motifs is 1. The van der Waals surface area contributed by atoms with Crippen molar-refractivity contribution in [3.63, 3.8) is 0 Å². The molecule has 0 unspecified atom stereocenters. The highest BCUT2D eigenvalue weighted by atomic mass is 32.2. The number of rotatable bonds is 5. The highest BCUT2D eigenvalue weighted by molar-refractivity contribution is 7.90. The van der Waals surface area contributed by atoms with Crippen molar-refractivity contribution in [3.05, 3.63) is 62.9 Å². The highest BCUT2D eigenvalue weighted by Gasteiger charge is 2.19. The minimum atomic E-state index is -3.37. The molecule has 3 aromatic rings. The molecule has 0 saturated carbocycles. The van der Waals surface area contributed by atoms with Crippen LogP contribution in [-0.4, -0.2) is 30.1 Å². The molecule has 0 aliphatic carbocycles. The van der Waals surface area contributed by atoms with Gasteiger partial charge in [0.05, 0.1) is 20.0 Å². The van der Waals surface area contributed by atoms with E-state index in [0.717, 1.165) is 18.2 Å². The van der Waals surface area contributed by atoms with Gasteiger partial charge >= 0.3 is 0 Å². The Hall–Kier alpha value is -2.85. The van der Waals surface area contributed by atoms with Crippen molar-refractivity contribution in [1.29, 1.82) is 0 Å². The third-order valence-electron chi connectivity index (χ3n) is 4.06. The average Bonchev–Trinajstić information content (AvgIpc) is 2.97. The number of nitro groups is 1. The number of nitrogens with zero attached hydrogens (tertiary/aromatic N) is 3. The van der Waals surface area contributed by atoms with E-state index in [1.807, 2.05) is 11.5 Å². The Morgan fingerprint density at radius 1 is 1.25 bits per heavy atom. The summed E-state index contributed by atoms with van der Waals surface area (Å²) in [6, 6.07) is 10.4. The summed E-state index contributed by atoms with van der Waals surface area (Å²) in [6.07, 6.45) is 1.90. The fourth-order valence-electron chi connectivity index (χ4n) is 2.77. The molecule has 28 heavy (non-hydrogen) atoms. The molecule has 0 spiro atoms. The molecule has 2 aromatic carbocycles. The third-order valence-corrected chi connectivity index (χ3v) is 6.21. The van der Waals surface area contributed by atoms with Crippen LogP contribution in [0.2, 0.25) is 0 Å². The molecule has 0 atom stereocenters. The van der Waals surface area contributed by atoms with Crippen molar-refractivity contribution in [3.8, 4) is 0 Å². The van der Waals surface area contributed by atoms with E-state index < -0.39 is 20.7 Å². The maximum Gasteiger partial charge on any atom is 0.286 e. The van der Waals surface area contributed by atoms with Gasteiger partial charge in [-0.05, 0) is 30.7 Å². The minimum Gasteiger partial charge on any atom is -0.316 e. The summed E-state index contributed by atoms with van der Waals surface area (Å²) < 4.78 is 26.1. The van der Waals surface area contributed by atoms with Gasteiger partial charge in [-0.1, -0.05) is 30.4 Å². The van der Waals surface area contributed by atoms with Crippen molar-refractivity contribution in [2.45, 2.75) is 24.8 Å². The molecule has 0 bridgehead atoms. The first kappa shape index (κ1) is 19.9. The summed E-state index contributed by atoms with van der Waals surface area (Å²) in [5.41, 5.74) is 0.358. The Labute approximate surface area is 164 Å². The fourth-order valence-corrected chi connectivity index (χ4v) is 4.59.